The van der Waals surface area contributed by atoms with E-state index in [0.29, 0.717) is 32.3 Å². The predicted molar refractivity (Wildman–Crippen MR) is 108 cm³/mol. The number of aromatic nitrogens is 6. The molecule has 0 aliphatic carbocycles. The lowest BCUT2D eigenvalue weighted by atomic mass is 10.5. The van der Waals surface area contributed by atoms with Crippen LogP contribution in [0.15, 0.2) is 55.4 Å². The van der Waals surface area contributed by atoms with Gasteiger partial charge in [0.15, 0.2) is 17.2 Å². The van der Waals surface area contributed by atoms with Crippen LogP contribution in [0, 0.1) is 0 Å². The van der Waals surface area contributed by atoms with Crippen molar-refractivity contribution < 1.29 is 14.2 Å². The first-order valence-corrected chi connectivity index (χ1v) is 9.28. The molecule has 4 rings (SSSR count). The Morgan fingerprint density at radius 3 is 1.03 bits per heavy atom. The fourth-order valence-corrected chi connectivity index (χ4v) is 2.61. The van der Waals surface area contributed by atoms with Crippen LogP contribution in [-0.4, -0.2) is 29.9 Å². The van der Waals surface area contributed by atoms with Crippen LogP contribution < -0.4 is 14.2 Å². The average Bonchev–Trinajstić information content (AvgIpc) is 2.68. The number of rotatable bonds is 6. The molecule has 0 aromatic carbocycles. The van der Waals surface area contributed by atoms with Crippen molar-refractivity contribution in [3.63, 3.8) is 0 Å². The highest BCUT2D eigenvalue weighted by Gasteiger charge is 2.14. The minimum Gasteiger partial charge on any atom is -0.422 e. The quantitative estimate of drug-likeness (QED) is 0.372. The van der Waals surface area contributed by atoms with Crippen LogP contribution in [0.25, 0.3) is 0 Å². The maximum atomic E-state index is 5.93. The second kappa shape index (κ2) is 9.04. The first-order valence-electron chi connectivity index (χ1n) is 8.15. The first kappa shape index (κ1) is 20.0. The maximum Gasteiger partial charge on any atom is 0.331 e. The Labute approximate surface area is 184 Å². The Hall–Kier alpha value is -3.27. The minimum absolute atomic E-state index is 0.121. The van der Waals surface area contributed by atoms with Crippen molar-refractivity contribution in [1.29, 1.82) is 0 Å². The second-order valence-electron chi connectivity index (χ2n) is 5.51. The van der Waals surface area contributed by atoms with Gasteiger partial charge in [-0.05, 0) is 0 Å². The van der Waals surface area contributed by atoms with Gasteiger partial charge in [0.2, 0.25) is 0 Å². The lowest BCUT2D eigenvalue weighted by Gasteiger charge is -2.09. The zero-order valence-corrected chi connectivity index (χ0v) is 17.0. The lowest BCUT2D eigenvalue weighted by molar-refractivity contribution is 0.361. The summed E-state index contributed by atoms with van der Waals surface area (Å²) in [6, 6.07) is 4.26. The molecule has 4 heterocycles. The molecule has 0 fully saturated rings. The zero-order chi connectivity index (χ0) is 20.9. The summed E-state index contributed by atoms with van der Waals surface area (Å²) < 4.78 is 16.8. The molecule has 150 valence electrons. The Morgan fingerprint density at radius 2 is 0.767 bits per heavy atom. The van der Waals surface area contributed by atoms with E-state index in [9.17, 15) is 0 Å². The van der Waals surface area contributed by atoms with E-state index in [4.69, 9.17) is 49.0 Å². The standard InChI is InChI=1S/C18H9Cl3N6O3/c19-10-1-13(7-22-4-10)28-16-25-17(29-14-2-11(20)5-23-8-14)27-18(26-16)30-15-3-12(21)6-24-9-15/h1-9H. The van der Waals surface area contributed by atoms with Crippen LogP contribution in [-0.2, 0) is 0 Å². The average molecular weight is 464 g/mol. The number of hydrogen-bond donors (Lipinski definition) is 0. The van der Waals surface area contributed by atoms with Gasteiger partial charge in [-0.1, -0.05) is 34.8 Å². The van der Waals surface area contributed by atoms with E-state index in [1.54, 1.807) is 18.2 Å². The van der Waals surface area contributed by atoms with Gasteiger partial charge in [-0.15, -0.1) is 15.0 Å². The Kier molecular flexibility index (Phi) is 6.03. The summed E-state index contributed by atoms with van der Waals surface area (Å²) in [5.41, 5.74) is 0. The van der Waals surface area contributed by atoms with Gasteiger partial charge in [-0.2, -0.15) is 0 Å². The molecule has 0 aliphatic heterocycles. The topological polar surface area (TPSA) is 105 Å². The molecular formula is C18H9Cl3N6O3. The van der Waals surface area contributed by atoms with Crippen molar-refractivity contribution in [2.45, 2.75) is 0 Å². The van der Waals surface area contributed by atoms with E-state index in [1.165, 1.54) is 37.2 Å². The van der Waals surface area contributed by atoms with Gasteiger partial charge >= 0.3 is 18.0 Å². The molecule has 0 aliphatic rings. The monoisotopic (exact) mass is 462 g/mol. The maximum absolute atomic E-state index is 5.93. The molecule has 0 atom stereocenters. The highest BCUT2D eigenvalue weighted by atomic mass is 35.5. The largest absolute Gasteiger partial charge is 0.422 e. The normalized spacial score (nSPS) is 10.5. The van der Waals surface area contributed by atoms with Crippen molar-refractivity contribution in [2.24, 2.45) is 0 Å². The first-order chi connectivity index (χ1) is 14.5. The van der Waals surface area contributed by atoms with Crippen molar-refractivity contribution >= 4 is 34.8 Å². The number of ether oxygens (including phenoxy) is 3. The second-order valence-corrected chi connectivity index (χ2v) is 6.82. The molecule has 0 amide bonds. The molecule has 0 bridgehead atoms. The molecule has 12 heteroatoms. The third-order valence-corrected chi connectivity index (χ3v) is 3.86. The summed E-state index contributed by atoms with van der Waals surface area (Å²) in [6.45, 7) is 0. The highest BCUT2D eigenvalue weighted by Crippen LogP contribution is 2.28. The molecule has 9 nitrogen and oxygen atoms in total. The van der Waals surface area contributed by atoms with Crippen LogP contribution in [0.2, 0.25) is 15.1 Å². The van der Waals surface area contributed by atoms with Gasteiger partial charge in [-0.25, -0.2) is 0 Å². The number of hydrogen-bond acceptors (Lipinski definition) is 9. The lowest BCUT2D eigenvalue weighted by Crippen LogP contribution is -2.01. The van der Waals surface area contributed by atoms with Gasteiger partial charge in [0.25, 0.3) is 0 Å². The molecule has 0 N–H and O–H groups in total. The van der Waals surface area contributed by atoms with E-state index >= 15 is 0 Å². The summed E-state index contributed by atoms with van der Waals surface area (Å²) >= 11 is 17.8. The third-order valence-electron chi connectivity index (χ3n) is 3.24. The van der Waals surface area contributed by atoms with E-state index in [2.05, 4.69) is 29.9 Å². The fourth-order valence-electron chi connectivity index (χ4n) is 2.12. The van der Waals surface area contributed by atoms with E-state index in [-0.39, 0.29) is 18.0 Å². The summed E-state index contributed by atoms with van der Waals surface area (Å²) in [7, 11) is 0. The SMILES string of the molecule is Clc1cncc(Oc2nc(Oc3cncc(Cl)c3)nc(Oc3cncc(Cl)c3)n2)c1. The number of pyridine rings is 3. The Balaban J connectivity index is 1.67. The predicted octanol–water partition coefficient (Wildman–Crippen LogP) is 5.39. The van der Waals surface area contributed by atoms with Crippen molar-refractivity contribution in [3.05, 3.63) is 70.4 Å². The summed E-state index contributed by atoms with van der Waals surface area (Å²) in [6.07, 6.45) is 8.71. The van der Waals surface area contributed by atoms with Crippen LogP contribution in [0.3, 0.4) is 0 Å². The summed E-state index contributed by atoms with van der Waals surface area (Å²) in [5, 5.41) is 1.14. The molecule has 4 aromatic heterocycles. The van der Waals surface area contributed by atoms with Gasteiger partial charge in [0, 0.05) is 36.8 Å². The highest BCUT2D eigenvalue weighted by molar-refractivity contribution is 6.31. The van der Waals surface area contributed by atoms with E-state index < -0.39 is 0 Å². The van der Waals surface area contributed by atoms with Crippen molar-refractivity contribution in [1.82, 2.24) is 29.9 Å². The van der Waals surface area contributed by atoms with Crippen LogP contribution in [0.1, 0.15) is 0 Å². The van der Waals surface area contributed by atoms with E-state index in [1.807, 2.05) is 0 Å². The minimum atomic E-state index is -0.121. The van der Waals surface area contributed by atoms with Gasteiger partial charge in [-0.3, -0.25) is 15.0 Å². The van der Waals surface area contributed by atoms with Gasteiger partial charge < -0.3 is 14.2 Å². The fraction of sp³-hybridized carbons (Fsp3) is 0. The Morgan fingerprint density at radius 1 is 0.467 bits per heavy atom. The molecule has 4 aromatic rings. The van der Waals surface area contributed by atoms with Crippen LogP contribution in [0.5, 0.6) is 35.3 Å². The molecule has 0 saturated carbocycles. The molecule has 0 saturated heterocycles. The Bertz CT molecular complexity index is 1040. The molecule has 30 heavy (non-hydrogen) atoms. The van der Waals surface area contributed by atoms with E-state index in [0.717, 1.165) is 0 Å². The van der Waals surface area contributed by atoms with Crippen LogP contribution in [0.4, 0.5) is 0 Å². The number of halogens is 3. The smallest absolute Gasteiger partial charge is 0.331 e. The summed E-state index contributed by atoms with van der Waals surface area (Å²) in [5.74, 6) is 0.915. The molecule has 0 radical (unpaired) electrons. The van der Waals surface area contributed by atoms with Crippen LogP contribution >= 0.6 is 34.8 Å². The third kappa shape index (κ3) is 5.41. The zero-order valence-electron chi connectivity index (χ0n) is 14.7. The van der Waals surface area contributed by atoms with Crippen molar-refractivity contribution in [3.8, 4) is 35.3 Å². The van der Waals surface area contributed by atoms with Crippen molar-refractivity contribution in [2.75, 3.05) is 0 Å². The number of nitrogens with zero attached hydrogens (tertiary/aromatic N) is 6. The molecular weight excluding hydrogens is 455 g/mol. The summed E-state index contributed by atoms with van der Waals surface area (Å²) in [4.78, 5) is 24.2. The van der Waals surface area contributed by atoms with Gasteiger partial charge in [0.05, 0.1) is 33.7 Å². The van der Waals surface area contributed by atoms with Gasteiger partial charge in [0.1, 0.15) is 0 Å². The molecule has 0 spiro atoms. The molecule has 0 unspecified atom stereocenters.